The first-order chi connectivity index (χ1) is 7.61. The van der Waals surface area contributed by atoms with E-state index in [1.807, 2.05) is 37.4 Å². The summed E-state index contributed by atoms with van der Waals surface area (Å²) in [4.78, 5) is 2.06. The Kier molecular flexibility index (Phi) is 5.32. The number of hydrogen-bond acceptors (Lipinski definition) is 1. The lowest BCUT2D eigenvalue weighted by molar-refractivity contribution is 1.15. The largest absolute Gasteiger partial charge is 0.345 e. The second-order valence-corrected chi connectivity index (χ2v) is 5.20. The average molecular weight is 325 g/mol. The van der Waals surface area contributed by atoms with Crippen LogP contribution in [0.3, 0.4) is 0 Å². The van der Waals surface area contributed by atoms with Gasteiger partial charge < -0.3 is 4.90 Å². The van der Waals surface area contributed by atoms with Crippen molar-refractivity contribution in [3.63, 3.8) is 0 Å². The topological polar surface area (TPSA) is 3.24 Å². The number of likely N-dealkylation sites (N-methyl/N-ethyl adjacent to an activating group) is 1. The fourth-order valence-corrected chi connectivity index (χ4v) is 1.43. The highest BCUT2D eigenvalue weighted by atomic mass is 127. The Labute approximate surface area is 111 Å². The molecule has 0 unspecified atom stereocenters. The van der Waals surface area contributed by atoms with Gasteiger partial charge in [0, 0.05) is 18.4 Å². The van der Waals surface area contributed by atoms with Gasteiger partial charge >= 0.3 is 0 Å². The zero-order valence-corrected chi connectivity index (χ0v) is 11.8. The van der Waals surface area contributed by atoms with E-state index in [0.29, 0.717) is 0 Å². The Hall–Kier alpha value is -1.03. The lowest BCUT2D eigenvalue weighted by atomic mass is 10.2. The monoisotopic (exact) mass is 325 g/mol. The fourth-order valence-electron chi connectivity index (χ4n) is 1.22. The van der Waals surface area contributed by atoms with Gasteiger partial charge in [0.25, 0.3) is 0 Å². The van der Waals surface area contributed by atoms with Crippen molar-refractivity contribution in [1.29, 1.82) is 0 Å². The van der Waals surface area contributed by atoms with Crippen molar-refractivity contribution in [1.82, 2.24) is 0 Å². The molecule has 0 saturated heterocycles. The first kappa shape index (κ1) is 13.0. The predicted octanol–water partition coefficient (Wildman–Crippen LogP) is 4.53. The third-order valence-electron chi connectivity index (χ3n) is 2.19. The van der Waals surface area contributed by atoms with Crippen molar-refractivity contribution < 1.29 is 0 Å². The number of rotatable bonds is 4. The van der Waals surface area contributed by atoms with E-state index < -0.39 is 0 Å². The van der Waals surface area contributed by atoms with Gasteiger partial charge in [-0.15, -0.1) is 0 Å². The molecule has 0 heterocycles. The lowest BCUT2D eigenvalue weighted by Crippen LogP contribution is -2.13. The Balaban J connectivity index is 2.69. The quantitative estimate of drug-likeness (QED) is 0.581. The first-order valence-corrected chi connectivity index (χ1v) is 6.17. The van der Waals surface area contributed by atoms with Gasteiger partial charge in [-0.05, 0) is 51.3 Å². The van der Waals surface area contributed by atoms with Gasteiger partial charge in [0.2, 0.25) is 0 Å². The Bertz CT molecular complexity index is 400. The van der Waals surface area contributed by atoms with Crippen molar-refractivity contribution in [2.24, 2.45) is 0 Å². The highest BCUT2D eigenvalue weighted by Crippen LogP contribution is 2.16. The normalized spacial score (nSPS) is 11.8. The van der Waals surface area contributed by atoms with E-state index in [1.165, 1.54) is 3.58 Å². The van der Waals surface area contributed by atoms with Crippen LogP contribution in [0.15, 0.2) is 64.4 Å². The van der Waals surface area contributed by atoms with E-state index >= 15 is 0 Å². The maximum absolute atomic E-state index is 4.04. The van der Waals surface area contributed by atoms with Gasteiger partial charge in [-0.3, -0.25) is 0 Å². The Morgan fingerprint density at radius 3 is 2.50 bits per heavy atom. The Morgan fingerprint density at radius 1 is 1.31 bits per heavy atom. The third kappa shape index (κ3) is 4.23. The molecular formula is C14H16IN. The first-order valence-electron chi connectivity index (χ1n) is 5.09. The zero-order chi connectivity index (χ0) is 12.0. The summed E-state index contributed by atoms with van der Waals surface area (Å²) in [6.07, 6.45) is 6.09. The van der Waals surface area contributed by atoms with Crippen LogP contribution in [0.5, 0.6) is 0 Å². The smallest absolute Gasteiger partial charge is 0.0407 e. The van der Waals surface area contributed by atoms with Crippen molar-refractivity contribution in [2.45, 2.75) is 6.92 Å². The molecule has 1 rings (SSSR count). The molecule has 2 heteroatoms. The average Bonchev–Trinajstić information content (AvgIpc) is 2.28. The molecule has 0 aliphatic heterocycles. The summed E-state index contributed by atoms with van der Waals surface area (Å²) in [6.45, 7) is 6.10. The number of allylic oxidation sites excluding steroid dienone is 4. The van der Waals surface area contributed by atoms with Crippen molar-refractivity contribution in [3.8, 4) is 0 Å². The van der Waals surface area contributed by atoms with Gasteiger partial charge in [0.15, 0.2) is 0 Å². The predicted molar refractivity (Wildman–Crippen MR) is 80.9 cm³/mol. The van der Waals surface area contributed by atoms with Crippen molar-refractivity contribution in [3.05, 3.63) is 64.4 Å². The van der Waals surface area contributed by atoms with Crippen molar-refractivity contribution in [2.75, 3.05) is 11.9 Å². The van der Waals surface area contributed by atoms with E-state index in [2.05, 4.69) is 59.2 Å². The number of para-hydroxylation sites is 1. The molecular weight excluding hydrogens is 309 g/mol. The number of benzene rings is 1. The molecule has 0 saturated carbocycles. The van der Waals surface area contributed by atoms with Gasteiger partial charge in [-0.1, -0.05) is 36.9 Å². The van der Waals surface area contributed by atoms with Crippen molar-refractivity contribution >= 4 is 28.3 Å². The van der Waals surface area contributed by atoms with Crippen LogP contribution in [0.25, 0.3) is 0 Å². The van der Waals surface area contributed by atoms with Gasteiger partial charge in [0.05, 0.1) is 0 Å². The van der Waals surface area contributed by atoms with Gasteiger partial charge in [-0.25, -0.2) is 0 Å². The minimum Gasteiger partial charge on any atom is -0.345 e. The standard InChI is InChI=1S/C14H16IN/c1-12(15)8-7-9-13(2)16(3)14-10-5-4-6-11-14/h4-11H,2H2,1,3H3/b9-7-,12-8-. The molecule has 0 aliphatic carbocycles. The molecule has 0 fully saturated rings. The summed E-state index contributed by atoms with van der Waals surface area (Å²) >= 11 is 2.28. The van der Waals surface area contributed by atoms with Crippen LogP contribution in [-0.2, 0) is 0 Å². The minimum atomic E-state index is 0.972. The molecule has 0 N–H and O–H groups in total. The maximum atomic E-state index is 4.04. The van der Waals surface area contributed by atoms with E-state index in [0.717, 1.165) is 11.4 Å². The molecule has 0 aromatic heterocycles. The zero-order valence-electron chi connectivity index (χ0n) is 9.65. The molecule has 0 aliphatic rings. The lowest BCUT2D eigenvalue weighted by Gasteiger charge is -2.19. The highest BCUT2D eigenvalue weighted by molar-refractivity contribution is 14.1. The molecule has 84 valence electrons. The van der Waals surface area contributed by atoms with Crippen LogP contribution >= 0.6 is 22.6 Å². The summed E-state index contributed by atoms with van der Waals surface area (Å²) in [7, 11) is 2.02. The SMILES string of the molecule is C=C(/C=C\C=C(\C)I)N(C)c1ccccc1. The second kappa shape index (κ2) is 6.53. The van der Waals surface area contributed by atoms with Crippen LogP contribution in [-0.4, -0.2) is 7.05 Å². The molecule has 1 aromatic carbocycles. The number of halogens is 1. The van der Waals surface area contributed by atoms with E-state index in [1.54, 1.807) is 0 Å². The van der Waals surface area contributed by atoms with E-state index in [4.69, 9.17) is 0 Å². The molecule has 0 atom stereocenters. The molecule has 0 bridgehead atoms. The molecule has 16 heavy (non-hydrogen) atoms. The summed E-state index contributed by atoms with van der Waals surface area (Å²) in [5, 5.41) is 0. The molecule has 0 amide bonds. The molecule has 0 spiro atoms. The maximum Gasteiger partial charge on any atom is 0.0407 e. The van der Waals surface area contributed by atoms with E-state index in [9.17, 15) is 0 Å². The number of hydrogen-bond donors (Lipinski definition) is 0. The van der Waals surface area contributed by atoms with Crippen LogP contribution in [0.4, 0.5) is 5.69 Å². The number of anilines is 1. The fraction of sp³-hybridized carbons (Fsp3) is 0.143. The minimum absolute atomic E-state index is 0.972. The molecule has 1 nitrogen and oxygen atoms in total. The highest BCUT2D eigenvalue weighted by Gasteiger charge is 1.99. The van der Waals surface area contributed by atoms with E-state index in [-0.39, 0.29) is 0 Å². The van der Waals surface area contributed by atoms with Gasteiger partial charge in [-0.2, -0.15) is 0 Å². The summed E-state index contributed by atoms with van der Waals surface area (Å²) < 4.78 is 1.25. The van der Waals surface area contributed by atoms with Gasteiger partial charge in [0.1, 0.15) is 0 Å². The summed E-state index contributed by atoms with van der Waals surface area (Å²) in [5.74, 6) is 0. The van der Waals surface area contributed by atoms with Crippen LogP contribution in [0, 0.1) is 0 Å². The summed E-state index contributed by atoms with van der Waals surface area (Å²) in [6, 6.07) is 10.2. The Morgan fingerprint density at radius 2 is 1.94 bits per heavy atom. The second-order valence-electron chi connectivity index (χ2n) is 3.50. The van der Waals surface area contributed by atoms with Crippen LogP contribution in [0.1, 0.15) is 6.92 Å². The number of nitrogens with zero attached hydrogens (tertiary/aromatic N) is 1. The van der Waals surface area contributed by atoms with Crippen LogP contribution < -0.4 is 4.90 Å². The molecule has 0 radical (unpaired) electrons. The summed E-state index contributed by atoms with van der Waals surface area (Å²) in [5.41, 5.74) is 2.12. The molecule has 1 aromatic rings. The third-order valence-corrected chi connectivity index (χ3v) is 2.55. The van der Waals surface area contributed by atoms with Crippen LogP contribution in [0.2, 0.25) is 0 Å².